The number of nitrogens with zero attached hydrogens (tertiary/aromatic N) is 2. The van der Waals surface area contributed by atoms with Crippen LogP contribution in [0, 0.1) is 0 Å². The third kappa shape index (κ3) is 3.45. The lowest BCUT2D eigenvalue weighted by atomic mass is 10.1. The molecule has 0 aliphatic carbocycles. The van der Waals surface area contributed by atoms with Gasteiger partial charge in [0.1, 0.15) is 11.3 Å². The predicted molar refractivity (Wildman–Crippen MR) is 99.9 cm³/mol. The zero-order chi connectivity index (χ0) is 19.0. The van der Waals surface area contributed by atoms with Gasteiger partial charge in [-0.15, -0.1) is 0 Å². The van der Waals surface area contributed by atoms with Gasteiger partial charge < -0.3 is 14.3 Å². The van der Waals surface area contributed by atoms with Gasteiger partial charge in [-0.25, -0.2) is 9.97 Å². The number of fused-ring (bicyclic) bond motifs is 1. The average molecular weight is 401 g/mol. The van der Waals surface area contributed by atoms with Crippen LogP contribution in [0.3, 0.4) is 0 Å². The van der Waals surface area contributed by atoms with Crippen molar-refractivity contribution in [3.8, 4) is 17.4 Å². The minimum atomic E-state index is -0.527. The Kier molecular flexibility index (Phi) is 4.43. The van der Waals surface area contributed by atoms with E-state index in [-0.39, 0.29) is 27.2 Å². The van der Waals surface area contributed by atoms with Gasteiger partial charge in [0.15, 0.2) is 11.3 Å². The van der Waals surface area contributed by atoms with Crippen molar-refractivity contribution in [1.29, 1.82) is 0 Å². The highest BCUT2D eigenvalue weighted by atomic mass is 35.5. The zero-order valence-corrected chi connectivity index (χ0v) is 15.0. The van der Waals surface area contributed by atoms with E-state index in [0.29, 0.717) is 22.7 Å². The van der Waals surface area contributed by atoms with Gasteiger partial charge in [-0.3, -0.25) is 4.79 Å². The fourth-order valence-electron chi connectivity index (χ4n) is 2.40. The van der Waals surface area contributed by atoms with Crippen molar-refractivity contribution in [2.45, 2.75) is 0 Å². The number of halogens is 2. The van der Waals surface area contributed by atoms with Crippen molar-refractivity contribution < 1.29 is 19.1 Å². The Morgan fingerprint density at radius 3 is 2.48 bits per heavy atom. The Balaban J connectivity index is 1.66. The summed E-state index contributed by atoms with van der Waals surface area (Å²) in [6, 6.07) is 13.3. The Morgan fingerprint density at radius 1 is 1.07 bits per heavy atom. The van der Waals surface area contributed by atoms with Crippen LogP contribution in [-0.2, 0) is 0 Å². The van der Waals surface area contributed by atoms with E-state index in [2.05, 4.69) is 9.97 Å². The molecule has 2 aromatic heterocycles. The molecule has 0 spiro atoms. The third-order valence-corrected chi connectivity index (χ3v) is 4.26. The normalized spacial score (nSPS) is 10.9. The summed E-state index contributed by atoms with van der Waals surface area (Å²) in [6.45, 7) is 0. The van der Waals surface area contributed by atoms with Crippen molar-refractivity contribution in [1.82, 2.24) is 9.97 Å². The lowest BCUT2D eigenvalue weighted by Gasteiger charge is -2.03. The van der Waals surface area contributed by atoms with Crippen LogP contribution >= 0.6 is 23.2 Å². The van der Waals surface area contributed by atoms with Gasteiger partial charge in [0.2, 0.25) is 11.7 Å². The number of aromatic nitrogens is 2. The van der Waals surface area contributed by atoms with Gasteiger partial charge >= 0.3 is 0 Å². The van der Waals surface area contributed by atoms with Crippen LogP contribution in [-0.4, -0.2) is 20.9 Å². The van der Waals surface area contributed by atoms with Crippen LogP contribution in [0.15, 0.2) is 59.1 Å². The summed E-state index contributed by atoms with van der Waals surface area (Å²) in [5.41, 5.74) is 0.882. The van der Waals surface area contributed by atoms with Gasteiger partial charge in [0, 0.05) is 11.6 Å². The van der Waals surface area contributed by atoms with Gasteiger partial charge in [-0.1, -0.05) is 41.4 Å². The highest BCUT2D eigenvalue weighted by Gasteiger charge is 2.20. The number of rotatable bonds is 4. The van der Waals surface area contributed by atoms with E-state index in [1.165, 1.54) is 18.3 Å². The smallest absolute Gasteiger partial charge is 0.269 e. The Labute approximate surface area is 163 Å². The molecule has 0 fully saturated rings. The fourth-order valence-corrected chi connectivity index (χ4v) is 2.88. The molecule has 134 valence electrons. The first-order chi connectivity index (χ1) is 13.0. The predicted octanol–water partition coefficient (Wildman–Crippen LogP) is 5.26. The molecule has 2 heterocycles. The maximum atomic E-state index is 12.6. The third-order valence-electron chi connectivity index (χ3n) is 3.69. The lowest BCUT2D eigenvalue weighted by molar-refractivity contribution is 0.100. The molecule has 27 heavy (non-hydrogen) atoms. The van der Waals surface area contributed by atoms with E-state index in [9.17, 15) is 9.90 Å². The molecule has 0 atom stereocenters. The van der Waals surface area contributed by atoms with Crippen molar-refractivity contribution in [3.63, 3.8) is 0 Å². The van der Waals surface area contributed by atoms with Crippen LogP contribution in [0.25, 0.3) is 11.1 Å². The molecule has 0 unspecified atom stereocenters. The summed E-state index contributed by atoms with van der Waals surface area (Å²) in [5, 5.41) is 9.53. The molecule has 0 bridgehead atoms. The number of carbonyl (C=O) groups excluding carboxylic acids is 1. The first kappa shape index (κ1) is 17.3. The Morgan fingerprint density at radius 2 is 1.78 bits per heavy atom. The molecular weight excluding hydrogens is 391 g/mol. The number of carbonyl (C=O) groups is 1. The van der Waals surface area contributed by atoms with Gasteiger partial charge in [0.25, 0.3) is 5.89 Å². The minimum absolute atomic E-state index is 0.0397. The first-order valence-electron chi connectivity index (χ1n) is 7.73. The zero-order valence-electron chi connectivity index (χ0n) is 13.5. The van der Waals surface area contributed by atoms with Gasteiger partial charge in [-0.05, 0) is 24.3 Å². The number of ether oxygens (including phenoxy) is 1. The minimum Gasteiger partial charge on any atom is -0.505 e. The average Bonchev–Trinajstić information content (AvgIpc) is 3.09. The highest BCUT2D eigenvalue weighted by molar-refractivity contribution is 6.37. The van der Waals surface area contributed by atoms with Gasteiger partial charge in [0.05, 0.1) is 16.2 Å². The molecule has 4 aromatic rings. The highest BCUT2D eigenvalue weighted by Crippen LogP contribution is 2.33. The maximum Gasteiger partial charge on any atom is 0.269 e. The molecular formula is C19H10Cl2N2O4. The number of para-hydroxylation sites is 1. The Hall–Kier alpha value is -3.09. The van der Waals surface area contributed by atoms with E-state index in [1.54, 1.807) is 18.2 Å². The van der Waals surface area contributed by atoms with Crippen LogP contribution < -0.4 is 4.74 Å². The molecule has 0 amide bonds. The van der Waals surface area contributed by atoms with Crippen molar-refractivity contribution in [3.05, 3.63) is 76.2 Å². The number of hydrogen-bond donors (Lipinski definition) is 1. The second-order valence-electron chi connectivity index (χ2n) is 5.54. The topological polar surface area (TPSA) is 85.5 Å². The number of pyridine rings is 1. The molecule has 6 nitrogen and oxygen atoms in total. The molecule has 4 rings (SSSR count). The SMILES string of the molecule is O=C(c1cc(Cl)c(O)c(Cl)c1)c1nc2cnc(Oc3ccccc3)cc2o1. The molecule has 0 saturated carbocycles. The van der Waals surface area contributed by atoms with Crippen LogP contribution in [0.5, 0.6) is 17.4 Å². The summed E-state index contributed by atoms with van der Waals surface area (Å²) in [5.74, 6) is -0.0468. The molecule has 0 aliphatic heterocycles. The number of phenolic OH excluding ortho intramolecular Hbond substituents is 1. The molecule has 8 heteroatoms. The fraction of sp³-hybridized carbons (Fsp3) is 0. The van der Waals surface area contributed by atoms with Crippen molar-refractivity contribution >= 4 is 40.1 Å². The van der Waals surface area contributed by atoms with E-state index >= 15 is 0 Å². The monoisotopic (exact) mass is 400 g/mol. The number of benzene rings is 2. The molecule has 2 aromatic carbocycles. The summed E-state index contributed by atoms with van der Waals surface area (Å²) in [6.07, 6.45) is 1.45. The van der Waals surface area contributed by atoms with Crippen LogP contribution in [0.1, 0.15) is 16.2 Å². The van der Waals surface area contributed by atoms with Crippen molar-refractivity contribution in [2.75, 3.05) is 0 Å². The number of oxazole rings is 1. The van der Waals surface area contributed by atoms with Crippen LogP contribution in [0.2, 0.25) is 10.0 Å². The number of phenols is 1. The van der Waals surface area contributed by atoms with E-state index < -0.39 is 5.78 Å². The summed E-state index contributed by atoms with van der Waals surface area (Å²) >= 11 is 11.7. The maximum absolute atomic E-state index is 12.6. The molecule has 0 radical (unpaired) electrons. The van der Waals surface area contributed by atoms with Gasteiger partial charge in [-0.2, -0.15) is 0 Å². The number of ketones is 1. The quantitative estimate of drug-likeness (QED) is 0.470. The van der Waals surface area contributed by atoms with E-state index in [0.717, 1.165) is 0 Å². The first-order valence-corrected chi connectivity index (χ1v) is 8.49. The molecule has 1 N–H and O–H groups in total. The molecule has 0 saturated heterocycles. The number of hydrogen-bond acceptors (Lipinski definition) is 6. The molecule has 0 aliphatic rings. The van der Waals surface area contributed by atoms with E-state index in [1.807, 2.05) is 18.2 Å². The summed E-state index contributed by atoms with van der Waals surface area (Å²) in [4.78, 5) is 20.9. The standard InChI is InChI=1S/C19H10Cl2N2O4/c20-12-6-10(7-13(21)18(12)25)17(24)19-23-14-9-22-16(8-15(14)27-19)26-11-4-2-1-3-5-11/h1-9,25H. The van der Waals surface area contributed by atoms with Crippen LogP contribution in [0.4, 0.5) is 0 Å². The largest absolute Gasteiger partial charge is 0.505 e. The summed E-state index contributed by atoms with van der Waals surface area (Å²) < 4.78 is 11.2. The Bertz CT molecular complexity index is 1140. The second-order valence-corrected chi connectivity index (χ2v) is 6.36. The summed E-state index contributed by atoms with van der Waals surface area (Å²) in [7, 11) is 0. The number of aromatic hydroxyl groups is 1. The lowest BCUT2D eigenvalue weighted by Crippen LogP contribution is -2.01. The second kappa shape index (κ2) is 6.90. The van der Waals surface area contributed by atoms with Crippen molar-refractivity contribution in [2.24, 2.45) is 0 Å². The van der Waals surface area contributed by atoms with E-state index in [4.69, 9.17) is 32.4 Å².